The van der Waals surface area contributed by atoms with Crippen molar-refractivity contribution < 1.29 is 27.4 Å². The Hall–Kier alpha value is -4.05. The van der Waals surface area contributed by atoms with Gasteiger partial charge in [-0.3, -0.25) is 0 Å². The summed E-state index contributed by atoms with van der Waals surface area (Å²) in [4.78, 5) is 21.4. The van der Waals surface area contributed by atoms with E-state index >= 15 is 0 Å². The maximum atomic E-state index is 13.9. The number of H-pyrrole nitrogens is 1. The number of carbonyl (C=O) groups is 1. The van der Waals surface area contributed by atoms with Gasteiger partial charge in [-0.1, -0.05) is 58.0 Å². The van der Waals surface area contributed by atoms with Gasteiger partial charge in [-0.2, -0.15) is 13.2 Å². The summed E-state index contributed by atoms with van der Waals surface area (Å²) in [5.74, 6) is 0.976. The Balaban J connectivity index is 0.00000162. The number of halogens is 3. The monoisotopic (exact) mass is 614 g/mol. The van der Waals surface area contributed by atoms with E-state index in [-0.39, 0.29) is 5.52 Å². The van der Waals surface area contributed by atoms with Crippen LogP contribution < -0.4 is 10.1 Å². The maximum absolute atomic E-state index is 13.9. The lowest BCUT2D eigenvalue weighted by atomic mass is 9.99. The molecule has 0 radical (unpaired) electrons. The van der Waals surface area contributed by atoms with Gasteiger partial charge in [0, 0.05) is 32.2 Å². The van der Waals surface area contributed by atoms with Crippen LogP contribution in [0.2, 0.25) is 0 Å². The predicted molar refractivity (Wildman–Crippen MR) is 172 cm³/mol. The number of nitrogens with one attached hydrogen (secondary N) is 2. The first kappa shape index (κ1) is 36.1. The van der Waals surface area contributed by atoms with Crippen LogP contribution in [0.15, 0.2) is 60.7 Å². The zero-order valence-corrected chi connectivity index (χ0v) is 27.1. The summed E-state index contributed by atoms with van der Waals surface area (Å²) in [7, 11) is 3.20. The first-order chi connectivity index (χ1) is 20.9. The highest BCUT2D eigenvalue weighted by atomic mass is 19.4. The highest BCUT2D eigenvalue weighted by Crippen LogP contribution is 2.38. The molecule has 240 valence electrons. The number of alkyl halides is 3. The number of aromatic amines is 1. The molecular formula is C34H45F3N4O3. The Bertz CT molecular complexity index is 1490. The van der Waals surface area contributed by atoms with E-state index in [1.807, 2.05) is 72.7 Å². The van der Waals surface area contributed by atoms with E-state index < -0.39 is 23.4 Å². The van der Waals surface area contributed by atoms with Crippen LogP contribution in [-0.4, -0.2) is 53.8 Å². The molecule has 2 N–H and O–H groups in total. The predicted octanol–water partition coefficient (Wildman–Crippen LogP) is 8.93. The van der Waals surface area contributed by atoms with Gasteiger partial charge in [-0.25, -0.2) is 9.78 Å². The molecule has 0 spiro atoms. The summed E-state index contributed by atoms with van der Waals surface area (Å²) in [5.41, 5.74) is 1.87. The molecule has 0 saturated carbocycles. The molecule has 4 rings (SSSR count). The molecule has 1 heterocycles. The molecule has 0 aliphatic rings. The third-order valence-electron chi connectivity index (χ3n) is 6.17. The number of aromatic nitrogens is 2. The molecule has 0 saturated heterocycles. The van der Waals surface area contributed by atoms with Gasteiger partial charge in [0.2, 0.25) is 0 Å². The molecule has 3 aromatic carbocycles. The first-order valence-corrected chi connectivity index (χ1v) is 14.8. The molecule has 1 aromatic heterocycles. The minimum Gasteiger partial charge on any atom is -0.496 e. The lowest BCUT2D eigenvalue weighted by Gasteiger charge is -2.24. The molecule has 10 heteroatoms. The SMILES string of the molecule is CC.CC.COc1ccccc1-c1nc2c(-c3cccc(CNCCN(C)C(=O)OC(C)(C)C)c3)cc(C(F)(F)F)cc2[nH]1. The van der Waals surface area contributed by atoms with Crippen LogP contribution >= 0.6 is 0 Å². The highest BCUT2D eigenvalue weighted by molar-refractivity contribution is 5.95. The van der Waals surface area contributed by atoms with Crippen LogP contribution in [0.3, 0.4) is 0 Å². The first-order valence-electron chi connectivity index (χ1n) is 14.8. The number of hydrogen-bond donors (Lipinski definition) is 2. The van der Waals surface area contributed by atoms with Crippen LogP contribution in [0.25, 0.3) is 33.5 Å². The molecule has 0 bridgehead atoms. The summed E-state index contributed by atoms with van der Waals surface area (Å²) in [6.07, 6.45) is -4.94. The van der Waals surface area contributed by atoms with Crippen molar-refractivity contribution in [2.75, 3.05) is 27.2 Å². The largest absolute Gasteiger partial charge is 0.496 e. The van der Waals surface area contributed by atoms with E-state index in [1.165, 1.54) is 12.0 Å². The Morgan fingerprint density at radius 2 is 1.64 bits per heavy atom. The number of likely N-dealkylation sites (N-methyl/N-ethyl adjacent to an activating group) is 1. The van der Waals surface area contributed by atoms with Crippen LogP contribution in [-0.2, 0) is 17.5 Å². The summed E-state index contributed by atoms with van der Waals surface area (Å²) in [6.45, 7) is 14.8. The number of benzene rings is 3. The average Bonchev–Trinajstić information content (AvgIpc) is 3.44. The van der Waals surface area contributed by atoms with Crippen LogP contribution in [0.1, 0.15) is 59.6 Å². The smallest absolute Gasteiger partial charge is 0.416 e. The zero-order chi connectivity index (χ0) is 33.1. The number of para-hydroxylation sites is 1. The van der Waals surface area contributed by atoms with Crippen LogP contribution in [0, 0.1) is 0 Å². The number of amides is 1. The fraction of sp³-hybridized carbons (Fsp3) is 0.412. The molecular weight excluding hydrogens is 569 g/mol. The van der Waals surface area contributed by atoms with E-state index in [4.69, 9.17) is 9.47 Å². The maximum Gasteiger partial charge on any atom is 0.416 e. The molecule has 0 atom stereocenters. The van der Waals surface area contributed by atoms with Gasteiger partial charge in [0.15, 0.2) is 0 Å². The number of methoxy groups -OCH3 is 1. The van der Waals surface area contributed by atoms with Gasteiger partial charge in [-0.15, -0.1) is 0 Å². The van der Waals surface area contributed by atoms with Crippen molar-refractivity contribution >= 4 is 17.1 Å². The lowest BCUT2D eigenvalue weighted by Crippen LogP contribution is -2.37. The minimum atomic E-state index is -4.53. The van der Waals surface area contributed by atoms with Gasteiger partial charge < -0.3 is 24.7 Å². The number of imidazole rings is 1. The van der Waals surface area contributed by atoms with Gasteiger partial charge in [0.05, 0.1) is 29.3 Å². The molecule has 44 heavy (non-hydrogen) atoms. The third kappa shape index (κ3) is 9.74. The molecule has 1 amide bonds. The second-order valence-corrected chi connectivity index (χ2v) is 10.5. The van der Waals surface area contributed by atoms with Crippen molar-refractivity contribution in [3.63, 3.8) is 0 Å². The summed E-state index contributed by atoms with van der Waals surface area (Å²) in [6, 6.07) is 16.7. The van der Waals surface area contributed by atoms with Crippen molar-refractivity contribution in [2.24, 2.45) is 0 Å². The molecule has 0 aliphatic heterocycles. The normalized spacial score (nSPS) is 11.2. The minimum absolute atomic E-state index is 0.277. The number of nitrogens with zero attached hydrogens (tertiary/aromatic N) is 2. The number of fused-ring (bicyclic) bond motifs is 1. The lowest BCUT2D eigenvalue weighted by molar-refractivity contribution is -0.137. The number of hydrogen-bond acceptors (Lipinski definition) is 5. The Morgan fingerprint density at radius 3 is 2.27 bits per heavy atom. The number of rotatable bonds is 8. The van der Waals surface area contributed by atoms with Crippen molar-refractivity contribution in [3.8, 4) is 28.3 Å². The van der Waals surface area contributed by atoms with Crippen molar-refractivity contribution in [3.05, 3.63) is 71.8 Å². The van der Waals surface area contributed by atoms with Crippen LogP contribution in [0.4, 0.5) is 18.0 Å². The quantitative estimate of drug-likeness (QED) is 0.194. The van der Waals surface area contributed by atoms with Crippen molar-refractivity contribution in [2.45, 2.75) is 66.8 Å². The molecule has 0 aliphatic carbocycles. The summed E-state index contributed by atoms with van der Waals surface area (Å²) < 4.78 is 52.3. The molecule has 7 nitrogen and oxygen atoms in total. The number of ether oxygens (including phenoxy) is 2. The fourth-order valence-corrected chi connectivity index (χ4v) is 4.23. The molecule has 4 aromatic rings. The van der Waals surface area contributed by atoms with Gasteiger partial charge in [0.1, 0.15) is 17.2 Å². The highest BCUT2D eigenvalue weighted by Gasteiger charge is 2.32. The van der Waals surface area contributed by atoms with E-state index in [0.717, 1.165) is 17.7 Å². The zero-order valence-electron chi connectivity index (χ0n) is 27.1. The Morgan fingerprint density at radius 1 is 0.955 bits per heavy atom. The van der Waals surface area contributed by atoms with Gasteiger partial charge in [-0.05, 0) is 62.2 Å². The summed E-state index contributed by atoms with van der Waals surface area (Å²) >= 11 is 0. The standard InChI is InChI=1S/C30H33F3N4O3.2C2H6/c1-29(2,3)40-28(38)37(4)14-13-34-18-19-9-8-10-20(15-19)23-16-21(30(31,32)33)17-24-26(23)36-27(35-24)22-11-6-7-12-25(22)39-5;2*1-2/h6-12,15-17,34H,13-14,18H2,1-5H3,(H,35,36);2*1-2H3. The van der Waals surface area contributed by atoms with Gasteiger partial charge >= 0.3 is 12.3 Å². The fourth-order valence-electron chi connectivity index (χ4n) is 4.23. The molecule has 0 unspecified atom stereocenters. The topological polar surface area (TPSA) is 79.5 Å². The van der Waals surface area contributed by atoms with E-state index in [0.29, 0.717) is 53.4 Å². The van der Waals surface area contributed by atoms with Crippen LogP contribution in [0.5, 0.6) is 5.75 Å². The number of carbonyl (C=O) groups excluding carboxylic acids is 1. The summed E-state index contributed by atoms with van der Waals surface area (Å²) in [5, 5.41) is 3.27. The molecule has 0 fully saturated rings. The average molecular weight is 615 g/mol. The Kier molecular flexibility index (Phi) is 13.3. The second kappa shape index (κ2) is 16.1. The Labute approximate surface area is 258 Å². The van der Waals surface area contributed by atoms with E-state index in [9.17, 15) is 18.0 Å². The van der Waals surface area contributed by atoms with E-state index in [1.54, 1.807) is 31.3 Å². The van der Waals surface area contributed by atoms with Crippen molar-refractivity contribution in [1.29, 1.82) is 0 Å². The third-order valence-corrected chi connectivity index (χ3v) is 6.17. The second-order valence-electron chi connectivity index (χ2n) is 10.5. The van der Waals surface area contributed by atoms with E-state index in [2.05, 4.69) is 15.3 Å². The van der Waals surface area contributed by atoms with Gasteiger partial charge in [0.25, 0.3) is 0 Å². The van der Waals surface area contributed by atoms with Crippen molar-refractivity contribution in [1.82, 2.24) is 20.2 Å².